The van der Waals surface area contributed by atoms with Crippen LogP contribution in [0, 0.1) is 5.82 Å². The van der Waals surface area contributed by atoms with E-state index in [0.29, 0.717) is 10.7 Å². The van der Waals surface area contributed by atoms with E-state index in [2.05, 4.69) is 10.3 Å². The number of nitrogens with zero attached hydrogens (tertiary/aromatic N) is 1. The minimum atomic E-state index is -3.59. The van der Waals surface area contributed by atoms with Crippen molar-refractivity contribution in [2.45, 2.75) is 43.9 Å². The van der Waals surface area contributed by atoms with Crippen molar-refractivity contribution >= 4 is 27.1 Å². The number of sulfone groups is 1. The molecule has 8 heteroatoms. The third-order valence-corrected chi connectivity index (χ3v) is 6.71. The first-order valence-corrected chi connectivity index (χ1v) is 11.3. The van der Waals surface area contributed by atoms with Crippen molar-refractivity contribution in [2.24, 2.45) is 0 Å². The maximum Gasteiger partial charge on any atom is 0.235 e. The van der Waals surface area contributed by atoms with Crippen LogP contribution >= 0.6 is 11.3 Å². The lowest BCUT2D eigenvalue weighted by Crippen LogP contribution is -2.39. The third-order valence-electron chi connectivity index (χ3n) is 4.33. The highest BCUT2D eigenvalue weighted by molar-refractivity contribution is 7.91. The lowest BCUT2D eigenvalue weighted by Gasteiger charge is -2.22. The second-order valence-corrected chi connectivity index (χ2v) is 9.51. The second-order valence-electron chi connectivity index (χ2n) is 6.59. The number of benzene rings is 1. The minimum Gasteiger partial charge on any atom is -0.352 e. The van der Waals surface area contributed by atoms with Gasteiger partial charge in [0.2, 0.25) is 5.91 Å². The van der Waals surface area contributed by atoms with E-state index in [4.69, 9.17) is 0 Å². The number of carbonyl (C=O) groups is 1. The minimum absolute atomic E-state index is 0.0933. The summed E-state index contributed by atoms with van der Waals surface area (Å²) in [5.41, 5.74) is 1.13. The number of nitrogens with one attached hydrogen (secondary N) is 1. The van der Waals surface area contributed by atoms with Crippen molar-refractivity contribution < 1.29 is 17.6 Å². The molecule has 26 heavy (non-hydrogen) atoms. The monoisotopic (exact) mass is 396 g/mol. The Hall–Kier alpha value is -1.80. The zero-order chi connectivity index (χ0) is 18.6. The van der Waals surface area contributed by atoms with Crippen LogP contribution in [0.5, 0.6) is 0 Å². The van der Waals surface area contributed by atoms with Crippen molar-refractivity contribution in [2.75, 3.05) is 5.75 Å². The Balaban J connectivity index is 1.58. The van der Waals surface area contributed by atoms with Crippen LogP contribution in [0.1, 0.15) is 37.8 Å². The van der Waals surface area contributed by atoms with Gasteiger partial charge in [0.1, 0.15) is 16.6 Å². The van der Waals surface area contributed by atoms with E-state index in [1.807, 2.05) is 0 Å². The number of hydrogen-bond acceptors (Lipinski definition) is 5. The summed E-state index contributed by atoms with van der Waals surface area (Å²) in [6, 6.07) is 5.97. The molecule has 2 aromatic rings. The highest BCUT2D eigenvalue weighted by atomic mass is 32.2. The number of carbonyl (C=O) groups excluding carboxylic acids is 1. The molecule has 0 aliphatic heterocycles. The molecule has 0 radical (unpaired) electrons. The standard InChI is InChI=1S/C18H21FN2O3S2/c19-14-8-6-13(7-9-14)18-21-16(10-25-18)11-26(23,24)12-17(22)20-15-4-2-1-3-5-15/h6-10,15H,1-5,11-12H2,(H,20,22). The van der Waals surface area contributed by atoms with Gasteiger partial charge in [0.15, 0.2) is 9.84 Å². The van der Waals surface area contributed by atoms with Crippen molar-refractivity contribution in [1.29, 1.82) is 0 Å². The summed E-state index contributed by atoms with van der Waals surface area (Å²) >= 11 is 1.30. The second kappa shape index (κ2) is 8.26. The van der Waals surface area contributed by atoms with E-state index in [-0.39, 0.29) is 17.6 Å². The Labute approximate surface area is 156 Å². The molecule has 1 aliphatic rings. The van der Waals surface area contributed by atoms with E-state index in [0.717, 1.165) is 31.2 Å². The Kier molecular flexibility index (Phi) is 6.03. The van der Waals surface area contributed by atoms with Crippen LogP contribution in [0.25, 0.3) is 10.6 Å². The third kappa shape index (κ3) is 5.35. The quantitative estimate of drug-likeness (QED) is 0.813. The molecule has 1 fully saturated rings. The smallest absolute Gasteiger partial charge is 0.235 e. The van der Waals surface area contributed by atoms with Crippen LogP contribution in [0.15, 0.2) is 29.6 Å². The van der Waals surface area contributed by atoms with E-state index >= 15 is 0 Å². The van der Waals surface area contributed by atoms with Crippen LogP contribution in [0.3, 0.4) is 0 Å². The highest BCUT2D eigenvalue weighted by Gasteiger charge is 2.22. The molecule has 0 unspecified atom stereocenters. The molecule has 1 aromatic heterocycles. The van der Waals surface area contributed by atoms with Crippen molar-refractivity contribution in [1.82, 2.24) is 10.3 Å². The average Bonchev–Trinajstić information content (AvgIpc) is 3.03. The fraction of sp³-hybridized carbons (Fsp3) is 0.444. The zero-order valence-corrected chi connectivity index (χ0v) is 15.9. The van der Waals surface area contributed by atoms with Gasteiger partial charge in [0, 0.05) is 17.0 Å². The molecule has 1 saturated carbocycles. The summed E-state index contributed by atoms with van der Waals surface area (Å²) in [6.07, 6.45) is 5.15. The molecular weight excluding hydrogens is 375 g/mol. The lowest BCUT2D eigenvalue weighted by molar-refractivity contribution is -0.119. The zero-order valence-electron chi connectivity index (χ0n) is 14.3. The van der Waals surface area contributed by atoms with Crippen molar-refractivity contribution in [3.8, 4) is 10.6 Å². The Morgan fingerprint density at radius 2 is 1.88 bits per heavy atom. The van der Waals surface area contributed by atoms with Crippen LogP contribution in [-0.4, -0.2) is 31.1 Å². The molecule has 0 bridgehead atoms. The van der Waals surface area contributed by atoms with Gasteiger partial charge in [0.25, 0.3) is 0 Å². The van der Waals surface area contributed by atoms with E-state index in [9.17, 15) is 17.6 Å². The first-order valence-electron chi connectivity index (χ1n) is 8.61. The van der Waals surface area contributed by atoms with Gasteiger partial charge < -0.3 is 5.32 Å². The van der Waals surface area contributed by atoms with Gasteiger partial charge in [-0.15, -0.1) is 11.3 Å². The van der Waals surface area contributed by atoms with Crippen LogP contribution < -0.4 is 5.32 Å². The Morgan fingerprint density at radius 1 is 1.19 bits per heavy atom. The number of amides is 1. The van der Waals surface area contributed by atoms with Gasteiger partial charge in [-0.1, -0.05) is 19.3 Å². The number of aromatic nitrogens is 1. The molecule has 3 rings (SSSR count). The summed E-state index contributed by atoms with van der Waals surface area (Å²) in [5.74, 6) is -1.57. The molecule has 1 amide bonds. The summed E-state index contributed by atoms with van der Waals surface area (Å²) in [7, 11) is -3.59. The fourth-order valence-corrected chi connectivity index (χ4v) is 5.21. The molecule has 0 saturated heterocycles. The van der Waals surface area contributed by atoms with E-state index < -0.39 is 21.5 Å². The average molecular weight is 397 g/mol. The first-order chi connectivity index (χ1) is 12.4. The normalized spacial score (nSPS) is 15.7. The molecular formula is C18H21FN2O3S2. The van der Waals surface area contributed by atoms with Crippen molar-refractivity contribution in [3.05, 3.63) is 41.2 Å². The SMILES string of the molecule is O=C(CS(=O)(=O)Cc1csc(-c2ccc(F)cc2)n1)NC1CCCCC1. The molecule has 0 atom stereocenters. The molecule has 140 valence electrons. The lowest BCUT2D eigenvalue weighted by atomic mass is 9.95. The summed E-state index contributed by atoms with van der Waals surface area (Å²) in [6.45, 7) is 0. The van der Waals surface area contributed by atoms with Crippen molar-refractivity contribution in [3.63, 3.8) is 0 Å². The molecule has 1 aliphatic carbocycles. The molecule has 1 heterocycles. The number of hydrogen-bond donors (Lipinski definition) is 1. The number of thiazole rings is 1. The molecule has 1 aromatic carbocycles. The maximum absolute atomic E-state index is 13.0. The summed E-state index contributed by atoms with van der Waals surface area (Å²) in [5, 5.41) is 5.11. The predicted octanol–water partition coefficient (Wildman–Crippen LogP) is 3.31. The topological polar surface area (TPSA) is 76.1 Å². The Morgan fingerprint density at radius 3 is 2.58 bits per heavy atom. The predicted molar refractivity (Wildman–Crippen MR) is 100 cm³/mol. The van der Waals surface area contributed by atoms with E-state index in [1.54, 1.807) is 17.5 Å². The number of rotatable bonds is 6. The summed E-state index contributed by atoms with van der Waals surface area (Å²) < 4.78 is 37.6. The van der Waals surface area contributed by atoms with E-state index in [1.165, 1.54) is 29.9 Å². The molecule has 0 spiro atoms. The van der Waals surface area contributed by atoms with Crippen LogP contribution in [0.2, 0.25) is 0 Å². The largest absolute Gasteiger partial charge is 0.352 e. The van der Waals surface area contributed by atoms with Crippen LogP contribution in [-0.2, 0) is 20.4 Å². The molecule has 1 N–H and O–H groups in total. The summed E-state index contributed by atoms with van der Waals surface area (Å²) in [4.78, 5) is 16.3. The van der Waals surface area contributed by atoms with Gasteiger partial charge in [-0.3, -0.25) is 4.79 Å². The first kappa shape index (κ1) is 19.0. The Bertz CT molecular complexity index is 857. The molecule has 5 nitrogen and oxygen atoms in total. The number of halogens is 1. The van der Waals surface area contributed by atoms with Gasteiger partial charge in [-0.25, -0.2) is 17.8 Å². The van der Waals surface area contributed by atoms with Crippen LogP contribution in [0.4, 0.5) is 4.39 Å². The van der Waals surface area contributed by atoms with Gasteiger partial charge in [-0.2, -0.15) is 0 Å². The van der Waals surface area contributed by atoms with Gasteiger partial charge in [-0.05, 0) is 37.1 Å². The van der Waals surface area contributed by atoms with Gasteiger partial charge >= 0.3 is 0 Å². The maximum atomic E-state index is 13.0. The fourth-order valence-electron chi connectivity index (χ4n) is 3.09. The highest BCUT2D eigenvalue weighted by Crippen LogP contribution is 2.25. The van der Waals surface area contributed by atoms with Gasteiger partial charge in [0.05, 0.1) is 11.4 Å².